The summed E-state index contributed by atoms with van der Waals surface area (Å²) in [6.45, 7) is 1.50. The molecule has 1 amide bonds. The van der Waals surface area contributed by atoms with Crippen LogP contribution in [0, 0.1) is 0 Å². The summed E-state index contributed by atoms with van der Waals surface area (Å²) < 4.78 is 27.7. The lowest BCUT2D eigenvalue weighted by Crippen LogP contribution is -2.37. The summed E-state index contributed by atoms with van der Waals surface area (Å²) in [6.07, 6.45) is 2.12. The van der Waals surface area contributed by atoms with Crippen LogP contribution < -0.4 is 5.32 Å². The van der Waals surface area contributed by atoms with E-state index in [1.807, 2.05) is 0 Å². The molecule has 0 saturated heterocycles. The van der Waals surface area contributed by atoms with Crippen LogP contribution in [0.25, 0.3) is 0 Å². The zero-order valence-corrected chi connectivity index (χ0v) is 12.6. The van der Waals surface area contributed by atoms with Crippen molar-refractivity contribution in [2.45, 2.75) is 36.8 Å². The van der Waals surface area contributed by atoms with Gasteiger partial charge in [0.25, 0.3) is 5.91 Å². The average Bonchev–Trinajstić information content (AvgIpc) is 3.21. The van der Waals surface area contributed by atoms with Gasteiger partial charge in [-0.2, -0.15) is 0 Å². The first kappa shape index (κ1) is 15.5. The molecular weight excluding hydrogens is 294 g/mol. The maximum Gasteiger partial charge on any atom is 0.338 e. The van der Waals surface area contributed by atoms with E-state index in [9.17, 15) is 18.0 Å². The maximum absolute atomic E-state index is 11.9. The second kappa shape index (κ2) is 5.85. The molecule has 1 N–H and O–H groups in total. The van der Waals surface area contributed by atoms with E-state index in [0.29, 0.717) is 0 Å². The second-order valence-corrected chi connectivity index (χ2v) is 7.14. The molecule has 0 bridgehead atoms. The van der Waals surface area contributed by atoms with Crippen molar-refractivity contribution in [3.8, 4) is 0 Å². The molecule has 1 atom stereocenters. The van der Waals surface area contributed by atoms with Gasteiger partial charge in [0.05, 0.1) is 10.5 Å². The Morgan fingerprint density at radius 1 is 1.24 bits per heavy atom. The largest absolute Gasteiger partial charge is 0.449 e. The normalized spacial score (nSPS) is 16.1. The van der Waals surface area contributed by atoms with Crippen LogP contribution in [-0.2, 0) is 19.4 Å². The first-order chi connectivity index (χ1) is 9.77. The summed E-state index contributed by atoms with van der Waals surface area (Å²) in [5, 5.41) is 2.74. The predicted octanol–water partition coefficient (Wildman–Crippen LogP) is 0.914. The van der Waals surface area contributed by atoms with E-state index in [4.69, 9.17) is 4.74 Å². The summed E-state index contributed by atoms with van der Waals surface area (Å²) >= 11 is 0. The first-order valence-corrected chi connectivity index (χ1v) is 8.48. The van der Waals surface area contributed by atoms with Gasteiger partial charge in [-0.15, -0.1) is 0 Å². The molecule has 1 aliphatic rings. The van der Waals surface area contributed by atoms with Crippen LogP contribution in [0.15, 0.2) is 29.2 Å². The molecular formula is C14H17NO5S. The van der Waals surface area contributed by atoms with Crippen LogP contribution in [-0.4, -0.2) is 38.7 Å². The van der Waals surface area contributed by atoms with Crippen LogP contribution in [0.1, 0.15) is 30.1 Å². The topological polar surface area (TPSA) is 89.5 Å². The van der Waals surface area contributed by atoms with Gasteiger partial charge in [-0.3, -0.25) is 4.79 Å². The Balaban J connectivity index is 1.97. The van der Waals surface area contributed by atoms with Crippen molar-refractivity contribution in [1.29, 1.82) is 0 Å². The molecule has 1 saturated carbocycles. The zero-order valence-electron chi connectivity index (χ0n) is 11.8. The molecule has 0 aliphatic heterocycles. The molecule has 0 heterocycles. The van der Waals surface area contributed by atoms with Crippen molar-refractivity contribution >= 4 is 21.7 Å². The fourth-order valence-corrected chi connectivity index (χ4v) is 2.30. The van der Waals surface area contributed by atoms with E-state index in [1.54, 1.807) is 0 Å². The van der Waals surface area contributed by atoms with Crippen molar-refractivity contribution in [3.63, 3.8) is 0 Å². The number of ether oxygens (including phenoxy) is 1. The van der Waals surface area contributed by atoms with Gasteiger partial charge >= 0.3 is 5.97 Å². The molecule has 0 spiro atoms. The highest BCUT2D eigenvalue weighted by atomic mass is 32.2. The minimum Gasteiger partial charge on any atom is -0.449 e. The lowest BCUT2D eigenvalue weighted by Gasteiger charge is -2.13. The molecule has 1 aromatic carbocycles. The number of hydrogen-bond donors (Lipinski definition) is 1. The van der Waals surface area contributed by atoms with E-state index in [2.05, 4.69) is 5.32 Å². The van der Waals surface area contributed by atoms with Crippen molar-refractivity contribution in [3.05, 3.63) is 29.8 Å². The SMILES string of the molecule is C[C@H](OC(=O)c1ccc(S(C)(=O)=O)cc1)C(=O)NC1CC1. The number of esters is 1. The van der Waals surface area contributed by atoms with Gasteiger partial charge < -0.3 is 10.1 Å². The van der Waals surface area contributed by atoms with Gasteiger partial charge in [0.2, 0.25) is 0 Å². The van der Waals surface area contributed by atoms with Crippen LogP contribution in [0.5, 0.6) is 0 Å². The van der Waals surface area contributed by atoms with Crippen LogP contribution in [0.2, 0.25) is 0 Å². The van der Waals surface area contributed by atoms with Gasteiger partial charge in [-0.1, -0.05) is 0 Å². The fourth-order valence-electron chi connectivity index (χ4n) is 1.67. The minimum absolute atomic E-state index is 0.124. The highest BCUT2D eigenvalue weighted by Gasteiger charge is 2.27. The molecule has 114 valence electrons. The van der Waals surface area contributed by atoms with Crippen molar-refractivity contribution in [2.24, 2.45) is 0 Å². The number of hydrogen-bond acceptors (Lipinski definition) is 5. The Morgan fingerprint density at radius 3 is 2.29 bits per heavy atom. The number of rotatable bonds is 5. The molecule has 6 nitrogen and oxygen atoms in total. The van der Waals surface area contributed by atoms with Crippen LogP contribution in [0.3, 0.4) is 0 Å². The third-order valence-corrected chi connectivity index (χ3v) is 4.22. The third-order valence-electron chi connectivity index (χ3n) is 3.09. The van der Waals surface area contributed by atoms with E-state index in [-0.39, 0.29) is 22.4 Å². The van der Waals surface area contributed by atoms with Crippen molar-refractivity contribution in [1.82, 2.24) is 5.32 Å². The number of amides is 1. The standard InChI is InChI=1S/C14H17NO5S/c1-9(13(16)15-11-5-6-11)20-14(17)10-3-7-12(8-4-10)21(2,18)19/h3-4,7-9,11H,5-6H2,1-2H3,(H,15,16)/t9-/m0/s1. The van der Waals surface area contributed by atoms with Crippen molar-refractivity contribution in [2.75, 3.05) is 6.26 Å². The van der Waals surface area contributed by atoms with Gasteiger partial charge in [-0.05, 0) is 44.0 Å². The zero-order chi connectivity index (χ0) is 15.6. The number of sulfone groups is 1. The van der Waals surface area contributed by atoms with E-state index in [1.165, 1.54) is 31.2 Å². The number of carbonyl (C=O) groups is 2. The fraction of sp³-hybridized carbons (Fsp3) is 0.429. The summed E-state index contributed by atoms with van der Waals surface area (Å²) in [5.41, 5.74) is 0.202. The van der Waals surface area contributed by atoms with Gasteiger partial charge in [0, 0.05) is 12.3 Å². The van der Waals surface area contributed by atoms with Gasteiger partial charge in [0.15, 0.2) is 15.9 Å². The minimum atomic E-state index is -3.30. The Labute approximate surface area is 123 Å². The predicted molar refractivity (Wildman–Crippen MR) is 75.6 cm³/mol. The molecule has 7 heteroatoms. The molecule has 0 unspecified atom stereocenters. The third kappa shape index (κ3) is 4.29. The number of carbonyl (C=O) groups excluding carboxylic acids is 2. The lowest BCUT2D eigenvalue weighted by molar-refractivity contribution is -0.129. The van der Waals surface area contributed by atoms with Gasteiger partial charge in [0.1, 0.15) is 0 Å². The maximum atomic E-state index is 11.9. The molecule has 1 aliphatic carbocycles. The first-order valence-electron chi connectivity index (χ1n) is 6.59. The molecule has 0 aromatic heterocycles. The Bertz CT molecular complexity index is 646. The monoisotopic (exact) mass is 311 g/mol. The van der Waals surface area contributed by atoms with Gasteiger partial charge in [-0.25, -0.2) is 13.2 Å². The quantitative estimate of drug-likeness (QED) is 0.817. The van der Waals surface area contributed by atoms with E-state index >= 15 is 0 Å². The Morgan fingerprint density at radius 2 is 1.81 bits per heavy atom. The molecule has 2 rings (SSSR count). The average molecular weight is 311 g/mol. The summed E-state index contributed by atoms with van der Waals surface area (Å²) in [6, 6.07) is 5.60. The summed E-state index contributed by atoms with van der Waals surface area (Å²) in [4.78, 5) is 23.7. The highest BCUT2D eigenvalue weighted by Crippen LogP contribution is 2.19. The van der Waals surface area contributed by atoms with E-state index < -0.39 is 21.9 Å². The molecule has 21 heavy (non-hydrogen) atoms. The second-order valence-electron chi connectivity index (χ2n) is 5.13. The summed E-state index contributed by atoms with van der Waals surface area (Å²) in [7, 11) is -3.30. The smallest absolute Gasteiger partial charge is 0.338 e. The molecule has 1 aromatic rings. The molecule has 1 fully saturated rings. The molecule has 0 radical (unpaired) electrons. The van der Waals surface area contributed by atoms with Crippen LogP contribution in [0.4, 0.5) is 0 Å². The van der Waals surface area contributed by atoms with Crippen LogP contribution >= 0.6 is 0 Å². The summed E-state index contributed by atoms with van der Waals surface area (Å²) in [5.74, 6) is -0.980. The Hall–Kier alpha value is -1.89. The van der Waals surface area contributed by atoms with E-state index in [0.717, 1.165) is 19.1 Å². The number of nitrogens with one attached hydrogen (secondary N) is 1. The Kier molecular flexibility index (Phi) is 4.32. The number of benzene rings is 1. The van der Waals surface area contributed by atoms with Crippen molar-refractivity contribution < 1.29 is 22.7 Å². The highest BCUT2D eigenvalue weighted by molar-refractivity contribution is 7.90. The lowest BCUT2D eigenvalue weighted by atomic mass is 10.2.